The van der Waals surface area contributed by atoms with Crippen molar-refractivity contribution in [1.29, 1.82) is 0 Å². The van der Waals surface area contributed by atoms with Crippen molar-refractivity contribution in [2.45, 2.75) is 13.8 Å². The second kappa shape index (κ2) is 4.97. The molecule has 0 unspecified atom stereocenters. The lowest BCUT2D eigenvalue weighted by atomic mass is 10.3. The molecular formula is C8H14ClN5. The van der Waals surface area contributed by atoms with Gasteiger partial charge in [-0.15, -0.1) is 10.2 Å². The normalized spacial score (nSPS) is 10.0. The van der Waals surface area contributed by atoms with Crippen LogP contribution in [0.1, 0.15) is 13.8 Å². The quantitative estimate of drug-likeness (QED) is 0.585. The average molecular weight is 216 g/mol. The monoisotopic (exact) mass is 215 g/mol. The number of hydrogen-bond donors (Lipinski definition) is 2. The minimum atomic E-state index is 0.396. The number of nitrogen functional groups attached to an aromatic ring is 1. The topological polar surface area (TPSA) is 67.1 Å². The standard InChI is InChI=1S/C8H14ClN5/c1-3-14(4-2)6-5-7(11-10)12-13-8(6)9/h5H,3-4,10H2,1-2H3,(H,11,12). The van der Waals surface area contributed by atoms with Gasteiger partial charge in [0.05, 0.1) is 5.69 Å². The summed E-state index contributed by atoms with van der Waals surface area (Å²) in [5.74, 6) is 5.75. The van der Waals surface area contributed by atoms with Crippen LogP contribution >= 0.6 is 11.6 Å². The largest absolute Gasteiger partial charge is 0.369 e. The molecule has 78 valence electrons. The van der Waals surface area contributed by atoms with E-state index < -0.39 is 0 Å². The lowest BCUT2D eigenvalue weighted by Crippen LogP contribution is -2.23. The predicted octanol–water partition coefficient (Wildman–Crippen LogP) is 1.26. The molecule has 14 heavy (non-hydrogen) atoms. The first-order chi connectivity index (χ1) is 6.72. The van der Waals surface area contributed by atoms with E-state index in [-0.39, 0.29) is 0 Å². The van der Waals surface area contributed by atoms with Crippen LogP contribution in [0.15, 0.2) is 6.07 Å². The molecule has 0 radical (unpaired) electrons. The summed E-state index contributed by atoms with van der Waals surface area (Å²) in [5, 5.41) is 7.96. The fraction of sp³-hybridized carbons (Fsp3) is 0.500. The van der Waals surface area contributed by atoms with Crippen LogP contribution in [0.5, 0.6) is 0 Å². The van der Waals surface area contributed by atoms with E-state index in [2.05, 4.69) is 34.4 Å². The smallest absolute Gasteiger partial charge is 0.175 e. The second-order valence-electron chi connectivity index (χ2n) is 2.72. The van der Waals surface area contributed by atoms with E-state index in [1.165, 1.54) is 0 Å². The molecule has 1 aromatic heterocycles. The zero-order valence-electron chi connectivity index (χ0n) is 8.29. The summed E-state index contributed by atoms with van der Waals surface area (Å²) in [6.45, 7) is 5.84. The molecule has 1 heterocycles. The Hall–Kier alpha value is -1.07. The molecule has 0 spiro atoms. The minimum absolute atomic E-state index is 0.396. The lowest BCUT2D eigenvalue weighted by Gasteiger charge is -2.21. The van der Waals surface area contributed by atoms with Crippen LogP contribution in [0.25, 0.3) is 0 Å². The van der Waals surface area contributed by atoms with Gasteiger partial charge in [-0.3, -0.25) is 0 Å². The Kier molecular flexibility index (Phi) is 3.91. The molecule has 0 saturated carbocycles. The van der Waals surface area contributed by atoms with E-state index in [1.807, 2.05) is 0 Å². The highest BCUT2D eigenvalue weighted by atomic mass is 35.5. The predicted molar refractivity (Wildman–Crippen MR) is 58.4 cm³/mol. The van der Waals surface area contributed by atoms with Crippen LogP contribution < -0.4 is 16.2 Å². The number of halogens is 1. The first-order valence-corrected chi connectivity index (χ1v) is 4.85. The number of hydrogen-bond acceptors (Lipinski definition) is 5. The third-order valence-corrected chi connectivity index (χ3v) is 2.25. The van der Waals surface area contributed by atoms with Gasteiger partial charge in [-0.25, -0.2) is 5.84 Å². The maximum absolute atomic E-state index is 5.92. The molecule has 1 aromatic rings. The van der Waals surface area contributed by atoms with Gasteiger partial charge in [-0.05, 0) is 13.8 Å². The van der Waals surface area contributed by atoms with Crippen LogP contribution in [0.2, 0.25) is 5.15 Å². The molecule has 5 nitrogen and oxygen atoms in total. The Bertz CT molecular complexity index is 300. The molecular weight excluding hydrogens is 202 g/mol. The van der Waals surface area contributed by atoms with Gasteiger partial charge < -0.3 is 10.3 Å². The fourth-order valence-corrected chi connectivity index (χ4v) is 1.44. The Labute approximate surface area is 88.2 Å². The van der Waals surface area contributed by atoms with Gasteiger partial charge in [-0.2, -0.15) is 0 Å². The summed E-state index contributed by atoms with van der Waals surface area (Å²) in [6, 6.07) is 1.78. The number of nitrogens with zero attached hydrogens (tertiary/aromatic N) is 3. The Morgan fingerprint density at radius 2 is 2.07 bits per heavy atom. The van der Waals surface area contributed by atoms with Crippen molar-refractivity contribution in [3.05, 3.63) is 11.2 Å². The molecule has 0 aliphatic heterocycles. The van der Waals surface area contributed by atoms with E-state index in [4.69, 9.17) is 17.4 Å². The Balaban J connectivity index is 3.04. The maximum atomic E-state index is 5.92. The van der Waals surface area contributed by atoms with Crippen molar-refractivity contribution < 1.29 is 0 Å². The molecule has 0 fully saturated rings. The summed E-state index contributed by atoms with van der Waals surface area (Å²) < 4.78 is 0. The van der Waals surface area contributed by atoms with Gasteiger partial charge in [0.15, 0.2) is 11.0 Å². The molecule has 1 rings (SSSR count). The van der Waals surface area contributed by atoms with E-state index in [0.717, 1.165) is 18.8 Å². The zero-order chi connectivity index (χ0) is 10.6. The molecule has 0 bridgehead atoms. The maximum Gasteiger partial charge on any atom is 0.175 e. The molecule has 0 aromatic carbocycles. The number of anilines is 2. The lowest BCUT2D eigenvalue weighted by molar-refractivity contribution is 0.854. The molecule has 3 N–H and O–H groups in total. The van der Waals surface area contributed by atoms with Gasteiger partial charge >= 0.3 is 0 Å². The average Bonchev–Trinajstić information content (AvgIpc) is 2.22. The van der Waals surface area contributed by atoms with Crippen LogP contribution in [-0.4, -0.2) is 23.3 Å². The third-order valence-electron chi connectivity index (χ3n) is 1.98. The van der Waals surface area contributed by atoms with Crippen LogP contribution in [0.3, 0.4) is 0 Å². The SMILES string of the molecule is CCN(CC)c1cc(NN)nnc1Cl. The number of nitrogens with one attached hydrogen (secondary N) is 1. The van der Waals surface area contributed by atoms with E-state index in [1.54, 1.807) is 6.07 Å². The number of hydrazine groups is 1. The second-order valence-corrected chi connectivity index (χ2v) is 3.08. The molecule has 0 saturated heterocycles. The van der Waals surface area contributed by atoms with Gasteiger partial charge in [0.25, 0.3) is 0 Å². The third kappa shape index (κ3) is 2.24. The summed E-state index contributed by atoms with van der Waals surface area (Å²) in [5.41, 5.74) is 3.29. The van der Waals surface area contributed by atoms with Crippen molar-refractivity contribution in [2.75, 3.05) is 23.4 Å². The fourth-order valence-electron chi connectivity index (χ4n) is 1.22. The molecule has 6 heteroatoms. The summed E-state index contributed by atoms with van der Waals surface area (Å²) >= 11 is 5.92. The van der Waals surface area contributed by atoms with Crippen LogP contribution in [-0.2, 0) is 0 Å². The first kappa shape index (κ1) is 11.0. The van der Waals surface area contributed by atoms with Crippen molar-refractivity contribution in [2.24, 2.45) is 5.84 Å². The van der Waals surface area contributed by atoms with Gasteiger partial charge in [-0.1, -0.05) is 11.6 Å². The Morgan fingerprint density at radius 3 is 2.57 bits per heavy atom. The van der Waals surface area contributed by atoms with E-state index in [0.29, 0.717) is 11.0 Å². The van der Waals surface area contributed by atoms with Crippen LogP contribution in [0.4, 0.5) is 11.5 Å². The van der Waals surface area contributed by atoms with E-state index in [9.17, 15) is 0 Å². The van der Waals surface area contributed by atoms with Crippen LogP contribution in [0, 0.1) is 0 Å². The summed E-state index contributed by atoms with van der Waals surface area (Å²) in [4.78, 5) is 2.08. The van der Waals surface area contributed by atoms with Crippen molar-refractivity contribution in [1.82, 2.24) is 10.2 Å². The molecule has 0 amide bonds. The molecule has 0 aliphatic carbocycles. The van der Waals surface area contributed by atoms with Gasteiger partial charge in [0, 0.05) is 19.2 Å². The van der Waals surface area contributed by atoms with Gasteiger partial charge in [0.2, 0.25) is 0 Å². The first-order valence-electron chi connectivity index (χ1n) is 4.47. The van der Waals surface area contributed by atoms with Crippen molar-refractivity contribution in [3.8, 4) is 0 Å². The van der Waals surface area contributed by atoms with Crippen molar-refractivity contribution in [3.63, 3.8) is 0 Å². The van der Waals surface area contributed by atoms with Gasteiger partial charge in [0.1, 0.15) is 0 Å². The zero-order valence-corrected chi connectivity index (χ0v) is 9.04. The highest BCUT2D eigenvalue weighted by Gasteiger charge is 2.09. The number of nitrogens with two attached hydrogens (primary N) is 1. The minimum Gasteiger partial charge on any atom is -0.369 e. The van der Waals surface area contributed by atoms with Crippen molar-refractivity contribution >= 4 is 23.1 Å². The highest BCUT2D eigenvalue weighted by Crippen LogP contribution is 2.24. The summed E-state index contributed by atoms with van der Waals surface area (Å²) in [6.07, 6.45) is 0. The molecule has 0 atom stereocenters. The number of aromatic nitrogens is 2. The number of rotatable bonds is 4. The van der Waals surface area contributed by atoms with E-state index >= 15 is 0 Å². The highest BCUT2D eigenvalue weighted by molar-refractivity contribution is 6.32. The Morgan fingerprint density at radius 1 is 1.43 bits per heavy atom. The molecule has 0 aliphatic rings. The summed E-state index contributed by atoms with van der Waals surface area (Å²) in [7, 11) is 0.